The Hall–Kier alpha value is -2.66. The van der Waals surface area contributed by atoms with Crippen LogP contribution in [0.5, 0.6) is 0 Å². The summed E-state index contributed by atoms with van der Waals surface area (Å²) in [6.07, 6.45) is 2.63. The predicted octanol–water partition coefficient (Wildman–Crippen LogP) is 3.13. The number of nitrogens with zero attached hydrogens (tertiary/aromatic N) is 2. The van der Waals surface area contributed by atoms with Crippen molar-refractivity contribution in [2.75, 3.05) is 26.2 Å². The number of esters is 1. The number of ether oxygens (including phenoxy) is 1. The molecule has 0 radical (unpaired) electrons. The first-order valence-electron chi connectivity index (χ1n) is 10.4. The molecular formula is C24H28N2O3. The molecule has 0 unspecified atom stereocenters. The lowest BCUT2D eigenvalue weighted by atomic mass is 9.74. The van der Waals surface area contributed by atoms with Crippen LogP contribution in [0, 0.1) is 0 Å². The topological polar surface area (TPSA) is 49.9 Å². The first-order chi connectivity index (χ1) is 14.1. The van der Waals surface area contributed by atoms with Gasteiger partial charge in [-0.05, 0) is 36.0 Å². The second kappa shape index (κ2) is 8.37. The number of likely N-dealkylation sites (tertiary alicyclic amines) is 1. The number of hydrogen-bond donors (Lipinski definition) is 0. The molecule has 1 spiro atoms. The Morgan fingerprint density at radius 1 is 0.966 bits per heavy atom. The highest BCUT2D eigenvalue weighted by Gasteiger charge is 2.46. The standard InChI is InChI=1S/C24H28N2O3/c1-19(27)29-18-23(28)26-14-11-21-9-5-6-10-22(21)24(26)12-15-25(16-13-24)17-20-7-3-2-4-8-20/h2-10H,11-18H2,1H3. The molecule has 0 saturated carbocycles. The van der Waals surface area contributed by atoms with Crippen LogP contribution in [0.2, 0.25) is 0 Å². The molecule has 1 amide bonds. The number of carbonyl (C=O) groups excluding carboxylic acids is 2. The molecule has 2 aliphatic rings. The van der Waals surface area contributed by atoms with Crippen molar-refractivity contribution in [2.24, 2.45) is 0 Å². The smallest absolute Gasteiger partial charge is 0.303 e. The van der Waals surface area contributed by atoms with Crippen LogP contribution in [0.1, 0.15) is 36.5 Å². The highest BCUT2D eigenvalue weighted by Crippen LogP contribution is 2.43. The Kier molecular flexibility index (Phi) is 5.67. The Labute approximate surface area is 172 Å². The summed E-state index contributed by atoms with van der Waals surface area (Å²) in [6.45, 7) is 4.64. The summed E-state index contributed by atoms with van der Waals surface area (Å²) in [5.41, 5.74) is 3.61. The maximum absolute atomic E-state index is 13.0. The SMILES string of the molecule is CC(=O)OCC(=O)N1CCc2ccccc2C12CCN(Cc1ccccc1)CC2. The lowest BCUT2D eigenvalue weighted by molar-refractivity contribution is -0.155. The first-order valence-corrected chi connectivity index (χ1v) is 10.4. The quantitative estimate of drug-likeness (QED) is 0.750. The van der Waals surface area contributed by atoms with Gasteiger partial charge in [-0.2, -0.15) is 0 Å². The first kappa shape index (κ1) is 19.6. The van der Waals surface area contributed by atoms with Gasteiger partial charge in [-0.3, -0.25) is 14.5 Å². The highest BCUT2D eigenvalue weighted by molar-refractivity contribution is 5.81. The molecule has 1 fully saturated rings. The summed E-state index contributed by atoms with van der Waals surface area (Å²) < 4.78 is 5.04. The van der Waals surface area contributed by atoms with Crippen molar-refractivity contribution < 1.29 is 14.3 Å². The van der Waals surface area contributed by atoms with Crippen molar-refractivity contribution in [3.05, 3.63) is 71.3 Å². The lowest BCUT2D eigenvalue weighted by Gasteiger charge is -2.52. The van der Waals surface area contributed by atoms with Gasteiger partial charge in [0.1, 0.15) is 0 Å². The van der Waals surface area contributed by atoms with Gasteiger partial charge in [0.05, 0.1) is 5.54 Å². The Morgan fingerprint density at radius 3 is 2.38 bits per heavy atom. The van der Waals surface area contributed by atoms with Crippen molar-refractivity contribution in [1.82, 2.24) is 9.80 Å². The molecule has 0 atom stereocenters. The zero-order valence-corrected chi connectivity index (χ0v) is 17.0. The number of piperidine rings is 1. The second-order valence-corrected chi connectivity index (χ2v) is 8.03. The monoisotopic (exact) mass is 392 g/mol. The predicted molar refractivity (Wildman–Crippen MR) is 111 cm³/mol. The van der Waals surface area contributed by atoms with E-state index in [9.17, 15) is 9.59 Å². The van der Waals surface area contributed by atoms with Crippen LogP contribution in [0.4, 0.5) is 0 Å². The number of carbonyl (C=O) groups is 2. The molecule has 0 bridgehead atoms. The third-order valence-electron chi connectivity index (χ3n) is 6.27. The van der Waals surface area contributed by atoms with Gasteiger partial charge in [0.25, 0.3) is 5.91 Å². The third-order valence-corrected chi connectivity index (χ3v) is 6.27. The minimum absolute atomic E-state index is 0.0915. The lowest BCUT2D eigenvalue weighted by Crippen LogP contribution is -2.58. The average Bonchev–Trinajstić information content (AvgIpc) is 2.75. The Balaban J connectivity index is 1.56. The molecular weight excluding hydrogens is 364 g/mol. The van der Waals surface area contributed by atoms with Crippen LogP contribution in [0.25, 0.3) is 0 Å². The second-order valence-electron chi connectivity index (χ2n) is 8.03. The fraction of sp³-hybridized carbons (Fsp3) is 0.417. The molecule has 0 N–H and O–H groups in total. The van der Waals surface area contributed by atoms with Gasteiger partial charge in [0.15, 0.2) is 6.61 Å². The summed E-state index contributed by atoms with van der Waals surface area (Å²) >= 11 is 0. The van der Waals surface area contributed by atoms with Gasteiger partial charge in [-0.1, -0.05) is 54.6 Å². The van der Waals surface area contributed by atoms with E-state index in [-0.39, 0.29) is 18.1 Å². The molecule has 2 aromatic carbocycles. The molecule has 0 aliphatic carbocycles. The zero-order chi connectivity index (χ0) is 20.3. The molecule has 5 heteroatoms. The number of amides is 1. The maximum Gasteiger partial charge on any atom is 0.303 e. The molecule has 2 aromatic rings. The van der Waals surface area contributed by atoms with E-state index in [2.05, 4.69) is 53.4 Å². The fourth-order valence-corrected chi connectivity index (χ4v) is 4.85. The van der Waals surface area contributed by atoms with Crippen LogP contribution in [-0.2, 0) is 32.8 Å². The van der Waals surface area contributed by atoms with E-state index < -0.39 is 5.97 Å². The molecule has 5 nitrogen and oxygen atoms in total. The number of fused-ring (bicyclic) bond motifs is 2. The summed E-state index contributed by atoms with van der Waals surface area (Å²) in [6, 6.07) is 19.0. The molecule has 0 aromatic heterocycles. The summed E-state index contributed by atoms with van der Waals surface area (Å²) in [5, 5.41) is 0. The van der Waals surface area contributed by atoms with Crippen molar-refractivity contribution in [3.8, 4) is 0 Å². The van der Waals surface area contributed by atoms with Crippen molar-refractivity contribution in [2.45, 2.75) is 38.3 Å². The molecule has 29 heavy (non-hydrogen) atoms. The van der Waals surface area contributed by atoms with Crippen LogP contribution in [-0.4, -0.2) is 47.9 Å². The number of hydrogen-bond acceptors (Lipinski definition) is 4. The Bertz CT molecular complexity index is 873. The molecule has 4 rings (SSSR count). The van der Waals surface area contributed by atoms with E-state index in [1.807, 2.05) is 11.0 Å². The number of rotatable bonds is 4. The van der Waals surface area contributed by atoms with Crippen LogP contribution in [0.15, 0.2) is 54.6 Å². The van der Waals surface area contributed by atoms with Gasteiger partial charge < -0.3 is 9.64 Å². The van der Waals surface area contributed by atoms with E-state index in [4.69, 9.17) is 4.74 Å². The van der Waals surface area contributed by atoms with Crippen molar-refractivity contribution >= 4 is 11.9 Å². The van der Waals surface area contributed by atoms with E-state index in [0.717, 1.165) is 38.9 Å². The van der Waals surface area contributed by atoms with E-state index >= 15 is 0 Å². The van der Waals surface area contributed by atoms with Crippen LogP contribution in [0.3, 0.4) is 0 Å². The minimum atomic E-state index is -0.414. The minimum Gasteiger partial charge on any atom is -0.456 e. The van der Waals surface area contributed by atoms with Crippen LogP contribution < -0.4 is 0 Å². The maximum atomic E-state index is 13.0. The highest BCUT2D eigenvalue weighted by atomic mass is 16.5. The Morgan fingerprint density at radius 2 is 1.66 bits per heavy atom. The largest absolute Gasteiger partial charge is 0.456 e. The molecule has 2 heterocycles. The van der Waals surface area contributed by atoms with E-state index in [0.29, 0.717) is 6.54 Å². The fourth-order valence-electron chi connectivity index (χ4n) is 4.85. The average molecular weight is 392 g/mol. The third kappa shape index (κ3) is 4.06. The summed E-state index contributed by atoms with van der Waals surface area (Å²) in [7, 11) is 0. The van der Waals surface area contributed by atoms with Gasteiger partial charge in [-0.25, -0.2) is 0 Å². The van der Waals surface area contributed by atoms with Gasteiger partial charge >= 0.3 is 5.97 Å². The van der Waals surface area contributed by atoms with Crippen LogP contribution >= 0.6 is 0 Å². The van der Waals surface area contributed by atoms with Gasteiger partial charge in [0.2, 0.25) is 0 Å². The number of benzene rings is 2. The van der Waals surface area contributed by atoms with E-state index in [1.54, 1.807) is 0 Å². The van der Waals surface area contributed by atoms with E-state index in [1.165, 1.54) is 23.6 Å². The molecule has 1 saturated heterocycles. The van der Waals surface area contributed by atoms with Gasteiger partial charge in [0, 0.05) is 33.1 Å². The zero-order valence-electron chi connectivity index (χ0n) is 17.0. The van der Waals surface area contributed by atoms with Crippen molar-refractivity contribution in [1.29, 1.82) is 0 Å². The summed E-state index contributed by atoms with van der Waals surface area (Å²) in [4.78, 5) is 28.7. The summed E-state index contributed by atoms with van der Waals surface area (Å²) in [5.74, 6) is -0.506. The molecule has 2 aliphatic heterocycles. The molecule has 152 valence electrons. The van der Waals surface area contributed by atoms with Gasteiger partial charge in [-0.15, -0.1) is 0 Å². The normalized spacial score (nSPS) is 18.3. The van der Waals surface area contributed by atoms with Crippen molar-refractivity contribution in [3.63, 3.8) is 0 Å².